The van der Waals surface area contributed by atoms with E-state index in [1.54, 1.807) is 24.8 Å². The van der Waals surface area contributed by atoms with Gasteiger partial charge in [-0.3, -0.25) is 0 Å². The van der Waals surface area contributed by atoms with Crippen molar-refractivity contribution >= 4 is 17.7 Å². The Morgan fingerprint density at radius 1 is 1.44 bits per heavy atom. The van der Waals surface area contributed by atoms with Gasteiger partial charge in [0.25, 0.3) is 0 Å². The van der Waals surface area contributed by atoms with Crippen LogP contribution in [0.25, 0.3) is 0 Å². The first kappa shape index (κ1) is 12.8. The van der Waals surface area contributed by atoms with Crippen LogP contribution in [-0.2, 0) is 4.79 Å². The van der Waals surface area contributed by atoms with Gasteiger partial charge in [0.1, 0.15) is 0 Å². The van der Waals surface area contributed by atoms with Crippen molar-refractivity contribution in [3.8, 4) is 0 Å². The minimum absolute atomic E-state index is 0.400. The smallest absolute Gasteiger partial charge is 0.330 e. The van der Waals surface area contributed by atoms with Gasteiger partial charge in [-0.1, -0.05) is 23.8 Å². The Balaban J connectivity index is 2.62. The number of rotatable bonds is 4. The van der Waals surface area contributed by atoms with E-state index >= 15 is 0 Å². The fourth-order valence-electron chi connectivity index (χ4n) is 1.31. The Morgan fingerprint density at radius 3 is 2.69 bits per heavy atom. The maximum atomic E-state index is 10.6. The molecule has 0 saturated carbocycles. The van der Waals surface area contributed by atoms with Gasteiger partial charge < -0.3 is 5.11 Å². The van der Waals surface area contributed by atoms with Gasteiger partial charge in [-0.2, -0.15) is 0 Å². The zero-order chi connectivity index (χ0) is 12.1. The molecule has 3 heteroatoms. The van der Waals surface area contributed by atoms with E-state index in [4.69, 9.17) is 5.11 Å². The Bertz CT molecular complexity index is 422. The van der Waals surface area contributed by atoms with Crippen LogP contribution >= 0.6 is 11.8 Å². The number of benzene rings is 1. The molecule has 1 aromatic rings. The van der Waals surface area contributed by atoms with Crippen molar-refractivity contribution in [2.45, 2.75) is 25.7 Å². The Hall–Kier alpha value is -1.22. The molecule has 2 nitrogen and oxygen atoms in total. The first-order chi connectivity index (χ1) is 7.50. The summed E-state index contributed by atoms with van der Waals surface area (Å²) >= 11 is 1.66. The van der Waals surface area contributed by atoms with Crippen molar-refractivity contribution in [1.29, 1.82) is 0 Å². The second-order valence-electron chi connectivity index (χ2n) is 3.77. The highest BCUT2D eigenvalue weighted by molar-refractivity contribution is 7.99. The highest BCUT2D eigenvalue weighted by Crippen LogP contribution is 2.23. The molecule has 0 aromatic heterocycles. The first-order valence-corrected chi connectivity index (χ1v) is 6.09. The van der Waals surface area contributed by atoms with Crippen molar-refractivity contribution in [3.05, 3.63) is 41.0 Å². The molecule has 1 aromatic carbocycles. The summed E-state index contributed by atoms with van der Waals surface area (Å²) in [6.07, 6.45) is 1.74. The van der Waals surface area contributed by atoms with Gasteiger partial charge in [0.05, 0.1) is 0 Å². The summed E-state index contributed by atoms with van der Waals surface area (Å²) in [5.41, 5.74) is 2.89. The van der Waals surface area contributed by atoms with Crippen molar-refractivity contribution in [2.24, 2.45) is 0 Å². The molecule has 0 spiro atoms. The molecule has 0 heterocycles. The summed E-state index contributed by atoms with van der Waals surface area (Å²) in [4.78, 5) is 11.8. The molecule has 0 saturated heterocycles. The second kappa shape index (κ2) is 5.75. The lowest BCUT2D eigenvalue weighted by Crippen LogP contribution is -1.96. The summed E-state index contributed by atoms with van der Waals surface area (Å²) in [7, 11) is 0. The molecule has 1 rings (SSSR count). The number of carboxylic acid groups (broad SMARTS) is 1. The van der Waals surface area contributed by atoms with Crippen molar-refractivity contribution in [3.63, 3.8) is 0 Å². The average molecular weight is 236 g/mol. The largest absolute Gasteiger partial charge is 0.478 e. The molecule has 0 fully saturated rings. The van der Waals surface area contributed by atoms with E-state index in [-0.39, 0.29) is 0 Å². The lowest BCUT2D eigenvalue weighted by Gasteiger charge is -2.04. The Labute approximate surface area is 100 Å². The molecule has 16 heavy (non-hydrogen) atoms. The van der Waals surface area contributed by atoms with E-state index in [2.05, 4.69) is 32.0 Å². The number of hydrogen-bond donors (Lipinski definition) is 1. The van der Waals surface area contributed by atoms with Crippen molar-refractivity contribution < 1.29 is 9.90 Å². The van der Waals surface area contributed by atoms with E-state index in [0.717, 1.165) is 0 Å². The summed E-state index contributed by atoms with van der Waals surface area (Å²) in [6.45, 7) is 5.75. The van der Waals surface area contributed by atoms with Crippen LogP contribution < -0.4 is 0 Å². The number of carbonyl (C=O) groups is 1. The van der Waals surface area contributed by atoms with E-state index in [0.29, 0.717) is 11.3 Å². The van der Waals surface area contributed by atoms with Gasteiger partial charge in [-0.05, 0) is 32.4 Å². The fourth-order valence-corrected chi connectivity index (χ4v) is 2.27. The highest BCUT2D eigenvalue weighted by Gasteiger charge is 2.01. The first-order valence-electron chi connectivity index (χ1n) is 5.11. The summed E-state index contributed by atoms with van der Waals surface area (Å²) in [5, 5.41) is 8.69. The van der Waals surface area contributed by atoms with Crippen LogP contribution in [0.5, 0.6) is 0 Å². The summed E-state index contributed by atoms with van der Waals surface area (Å²) < 4.78 is 0. The third-order valence-electron chi connectivity index (χ3n) is 2.30. The van der Waals surface area contributed by atoms with E-state index in [9.17, 15) is 4.79 Å². The summed E-state index contributed by atoms with van der Waals surface area (Å²) in [6, 6.07) is 6.29. The number of hydrogen-bond acceptors (Lipinski definition) is 2. The standard InChI is InChI=1S/C13H16O2S/c1-9-4-5-12(11(3)8-9)16-7-6-10(2)13(14)15/h4-6,8H,7H2,1-3H3,(H,14,15). The molecule has 0 atom stereocenters. The van der Waals surface area contributed by atoms with Crippen LogP contribution in [0.2, 0.25) is 0 Å². The second-order valence-corrected chi connectivity index (χ2v) is 4.83. The molecule has 0 amide bonds. The van der Waals surface area contributed by atoms with E-state index < -0.39 is 5.97 Å². The van der Waals surface area contributed by atoms with Gasteiger partial charge in [0.15, 0.2) is 0 Å². The van der Waals surface area contributed by atoms with Gasteiger partial charge in [-0.15, -0.1) is 11.8 Å². The van der Waals surface area contributed by atoms with Crippen LogP contribution in [0.3, 0.4) is 0 Å². The zero-order valence-corrected chi connectivity index (χ0v) is 10.6. The highest BCUT2D eigenvalue weighted by atomic mass is 32.2. The van der Waals surface area contributed by atoms with Gasteiger partial charge in [0.2, 0.25) is 0 Å². The quantitative estimate of drug-likeness (QED) is 0.643. The topological polar surface area (TPSA) is 37.3 Å². The molecular weight excluding hydrogens is 220 g/mol. The number of aryl methyl sites for hydroxylation is 2. The van der Waals surface area contributed by atoms with E-state index in [1.165, 1.54) is 16.0 Å². The molecule has 0 bridgehead atoms. The minimum atomic E-state index is -0.846. The number of carboxylic acids is 1. The number of aliphatic carboxylic acids is 1. The maximum absolute atomic E-state index is 10.6. The lowest BCUT2D eigenvalue weighted by atomic mass is 10.2. The SMILES string of the molecule is CC(=CCSc1ccc(C)cc1C)C(=O)O. The lowest BCUT2D eigenvalue weighted by molar-refractivity contribution is -0.132. The molecule has 1 N–H and O–H groups in total. The summed E-state index contributed by atoms with van der Waals surface area (Å²) in [5.74, 6) is -0.150. The van der Waals surface area contributed by atoms with Gasteiger partial charge in [-0.25, -0.2) is 4.79 Å². The van der Waals surface area contributed by atoms with E-state index in [1.807, 2.05) is 0 Å². The van der Waals surface area contributed by atoms with Crippen LogP contribution in [0, 0.1) is 13.8 Å². The van der Waals surface area contributed by atoms with Gasteiger partial charge in [0, 0.05) is 16.2 Å². The monoisotopic (exact) mass is 236 g/mol. The normalized spacial score (nSPS) is 11.6. The van der Waals surface area contributed by atoms with Crippen LogP contribution in [-0.4, -0.2) is 16.8 Å². The Morgan fingerprint density at radius 2 is 2.12 bits per heavy atom. The predicted octanol–water partition coefficient (Wildman–Crippen LogP) is 3.43. The van der Waals surface area contributed by atoms with Crippen LogP contribution in [0.4, 0.5) is 0 Å². The predicted molar refractivity (Wildman–Crippen MR) is 68.0 cm³/mol. The van der Waals surface area contributed by atoms with Crippen LogP contribution in [0.15, 0.2) is 34.7 Å². The molecule has 0 radical (unpaired) electrons. The molecular formula is C13H16O2S. The van der Waals surface area contributed by atoms with Gasteiger partial charge >= 0.3 is 5.97 Å². The molecule has 86 valence electrons. The third kappa shape index (κ3) is 3.74. The molecule has 0 unspecified atom stereocenters. The molecule has 0 aliphatic carbocycles. The zero-order valence-electron chi connectivity index (χ0n) is 9.78. The molecule has 0 aliphatic rings. The fraction of sp³-hybridized carbons (Fsp3) is 0.308. The third-order valence-corrected chi connectivity index (χ3v) is 3.40. The average Bonchev–Trinajstić information content (AvgIpc) is 2.20. The van der Waals surface area contributed by atoms with Crippen molar-refractivity contribution in [1.82, 2.24) is 0 Å². The Kier molecular flexibility index (Phi) is 4.62. The van der Waals surface area contributed by atoms with Crippen LogP contribution in [0.1, 0.15) is 18.1 Å². The number of thioether (sulfide) groups is 1. The van der Waals surface area contributed by atoms with Crippen molar-refractivity contribution in [2.75, 3.05) is 5.75 Å². The maximum Gasteiger partial charge on any atom is 0.330 e. The molecule has 0 aliphatic heterocycles. The minimum Gasteiger partial charge on any atom is -0.478 e.